The molecule has 0 aliphatic heterocycles. The van der Waals surface area contributed by atoms with E-state index in [9.17, 15) is 22.7 Å². The molecule has 0 saturated carbocycles. The first-order valence-electron chi connectivity index (χ1n) is 5.61. The molecule has 0 aliphatic rings. The molecular formula is C12H14BrF4NO2. The number of ether oxygens (including phenoxy) is 1. The topological polar surface area (TPSA) is 55.5 Å². The molecule has 0 heterocycles. The Labute approximate surface area is 121 Å². The second-order valence-electron chi connectivity index (χ2n) is 4.50. The zero-order chi connectivity index (χ0) is 15.6. The Balaban J connectivity index is 3.02. The van der Waals surface area contributed by atoms with Gasteiger partial charge in [-0.1, -0.05) is 15.9 Å². The van der Waals surface area contributed by atoms with Gasteiger partial charge in [-0.3, -0.25) is 0 Å². The normalized spacial score (nSPS) is 16.8. The van der Waals surface area contributed by atoms with E-state index in [1.165, 1.54) is 19.1 Å². The molecule has 1 unspecified atom stereocenters. The zero-order valence-electron chi connectivity index (χ0n) is 10.5. The van der Waals surface area contributed by atoms with Crippen LogP contribution in [-0.4, -0.2) is 30.6 Å². The van der Waals surface area contributed by atoms with Crippen molar-refractivity contribution in [1.29, 1.82) is 0 Å². The molecule has 0 bridgehead atoms. The number of hydrogen-bond donors (Lipinski definition) is 2. The maximum Gasteiger partial charge on any atom is 0.411 e. The number of aliphatic hydroxyl groups is 1. The third-order valence-electron chi connectivity index (χ3n) is 2.79. The Bertz CT molecular complexity index is 465. The number of nitrogens with two attached hydrogens (primary N) is 1. The fraction of sp³-hybridized carbons (Fsp3) is 0.500. The molecule has 0 saturated heterocycles. The van der Waals surface area contributed by atoms with Crippen molar-refractivity contribution in [3.63, 3.8) is 0 Å². The van der Waals surface area contributed by atoms with Crippen LogP contribution in [-0.2, 0) is 10.3 Å². The molecule has 20 heavy (non-hydrogen) atoms. The maximum absolute atomic E-state index is 13.8. The van der Waals surface area contributed by atoms with Gasteiger partial charge in [0.05, 0.1) is 12.1 Å². The molecule has 0 aromatic heterocycles. The van der Waals surface area contributed by atoms with E-state index in [0.29, 0.717) is 4.47 Å². The predicted octanol–water partition coefficient (Wildman–Crippen LogP) is 2.70. The monoisotopic (exact) mass is 359 g/mol. The zero-order valence-corrected chi connectivity index (χ0v) is 12.1. The molecule has 0 fully saturated rings. The fourth-order valence-electron chi connectivity index (χ4n) is 1.69. The van der Waals surface area contributed by atoms with Gasteiger partial charge in [-0.2, -0.15) is 13.2 Å². The van der Waals surface area contributed by atoms with Crippen molar-refractivity contribution in [3.05, 3.63) is 34.1 Å². The highest BCUT2D eigenvalue weighted by molar-refractivity contribution is 9.10. The first kappa shape index (κ1) is 17.4. The summed E-state index contributed by atoms with van der Waals surface area (Å²) in [5.74, 6) is -0.688. The molecule has 8 heteroatoms. The molecule has 0 spiro atoms. The van der Waals surface area contributed by atoms with Gasteiger partial charge >= 0.3 is 6.18 Å². The number of rotatable bonds is 5. The average Bonchev–Trinajstić information content (AvgIpc) is 2.31. The second kappa shape index (κ2) is 6.38. The molecule has 1 aromatic rings. The predicted molar refractivity (Wildman–Crippen MR) is 68.5 cm³/mol. The van der Waals surface area contributed by atoms with Crippen LogP contribution in [0.2, 0.25) is 0 Å². The van der Waals surface area contributed by atoms with Crippen LogP contribution in [0.3, 0.4) is 0 Å². The van der Waals surface area contributed by atoms with Crippen molar-refractivity contribution >= 4 is 15.9 Å². The molecule has 3 nitrogen and oxygen atoms in total. The quantitative estimate of drug-likeness (QED) is 0.794. The third-order valence-corrected chi connectivity index (χ3v) is 3.28. The standard InChI is InChI=1S/C12H14BrF4NO2/c1-11(18,8-4-7(13)2-3-9(8)14)10(5-19)20-6-12(15,16)17/h2-4,10,19H,5-6,18H2,1H3/t10?,11-/m1/s1. The van der Waals surface area contributed by atoms with E-state index in [1.54, 1.807) is 0 Å². The number of halogens is 5. The van der Waals surface area contributed by atoms with Crippen LogP contribution >= 0.6 is 15.9 Å². The van der Waals surface area contributed by atoms with Crippen LogP contribution in [0.4, 0.5) is 17.6 Å². The molecule has 1 rings (SSSR count). The van der Waals surface area contributed by atoms with E-state index in [4.69, 9.17) is 5.73 Å². The lowest BCUT2D eigenvalue weighted by Gasteiger charge is -2.34. The van der Waals surface area contributed by atoms with Crippen LogP contribution in [0, 0.1) is 5.82 Å². The summed E-state index contributed by atoms with van der Waals surface area (Å²) in [5.41, 5.74) is 4.21. The number of benzene rings is 1. The summed E-state index contributed by atoms with van der Waals surface area (Å²) in [7, 11) is 0. The van der Waals surface area contributed by atoms with Gasteiger partial charge in [0.15, 0.2) is 0 Å². The lowest BCUT2D eigenvalue weighted by atomic mass is 9.87. The molecule has 0 radical (unpaired) electrons. The Morgan fingerprint density at radius 2 is 2.00 bits per heavy atom. The lowest BCUT2D eigenvalue weighted by molar-refractivity contribution is -0.196. The minimum atomic E-state index is -4.56. The molecule has 3 N–H and O–H groups in total. The van der Waals surface area contributed by atoms with Gasteiger partial charge in [0, 0.05) is 10.0 Å². The van der Waals surface area contributed by atoms with E-state index in [-0.39, 0.29) is 5.56 Å². The van der Waals surface area contributed by atoms with Crippen LogP contribution in [0.15, 0.2) is 22.7 Å². The minimum absolute atomic E-state index is 0.0481. The van der Waals surface area contributed by atoms with Crippen LogP contribution in [0.1, 0.15) is 12.5 Å². The van der Waals surface area contributed by atoms with Gasteiger partial charge in [-0.25, -0.2) is 4.39 Å². The van der Waals surface area contributed by atoms with Gasteiger partial charge in [0.1, 0.15) is 18.5 Å². The minimum Gasteiger partial charge on any atom is -0.394 e. The van der Waals surface area contributed by atoms with E-state index in [2.05, 4.69) is 20.7 Å². The average molecular weight is 360 g/mol. The highest BCUT2D eigenvalue weighted by atomic mass is 79.9. The SMILES string of the molecule is C[C@@](N)(c1cc(Br)ccc1F)C(CO)OCC(F)(F)F. The van der Waals surface area contributed by atoms with Crippen LogP contribution in [0.5, 0.6) is 0 Å². The van der Waals surface area contributed by atoms with Crippen molar-refractivity contribution in [2.75, 3.05) is 13.2 Å². The summed E-state index contributed by atoms with van der Waals surface area (Å²) < 4.78 is 55.3. The Kier molecular flexibility index (Phi) is 5.54. The first-order valence-corrected chi connectivity index (χ1v) is 6.41. The highest BCUT2D eigenvalue weighted by Crippen LogP contribution is 2.30. The number of hydrogen-bond acceptors (Lipinski definition) is 3. The van der Waals surface area contributed by atoms with E-state index in [0.717, 1.165) is 6.07 Å². The smallest absolute Gasteiger partial charge is 0.394 e. The molecule has 0 aliphatic carbocycles. The summed E-state index contributed by atoms with van der Waals surface area (Å²) in [4.78, 5) is 0. The lowest BCUT2D eigenvalue weighted by Crippen LogP contribution is -2.50. The summed E-state index contributed by atoms with van der Waals surface area (Å²) >= 11 is 3.13. The Morgan fingerprint density at radius 3 is 2.50 bits per heavy atom. The molecule has 1 aromatic carbocycles. The molecule has 2 atom stereocenters. The maximum atomic E-state index is 13.8. The van der Waals surface area contributed by atoms with Crippen molar-refractivity contribution < 1.29 is 27.4 Å². The fourth-order valence-corrected chi connectivity index (χ4v) is 2.06. The summed E-state index contributed by atoms with van der Waals surface area (Å²) in [6.07, 6.45) is -5.95. The van der Waals surface area contributed by atoms with Crippen LogP contribution in [0.25, 0.3) is 0 Å². The molecule has 0 amide bonds. The van der Waals surface area contributed by atoms with Gasteiger partial charge in [0.25, 0.3) is 0 Å². The van der Waals surface area contributed by atoms with Crippen molar-refractivity contribution in [1.82, 2.24) is 0 Å². The van der Waals surface area contributed by atoms with Crippen molar-refractivity contribution in [2.45, 2.75) is 24.7 Å². The largest absolute Gasteiger partial charge is 0.411 e. The summed E-state index contributed by atoms with van der Waals surface area (Å²) in [6, 6.07) is 3.90. The van der Waals surface area contributed by atoms with Gasteiger partial charge in [-0.05, 0) is 25.1 Å². The number of aliphatic hydroxyl groups excluding tert-OH is 1. The van der Waals surface area contributed by atoms with Crippen molar-refractivity contribution in [2.24, 2.45) is 5.73 Å². The third kappa shape index (κ3) is 4.41. The van der Waals surface area contributed by atoms with E-state index >= 15 is 0 Å². The van der Waals surface area contributed by atoms with Gasteiger partial charge in [0.2, 0.25) is 0 Å². The van der Waals surface area contributed by atoms with Crippen LogP contribution < -0.4 is 5.73 Å². The Morgan fingerprint density at radius 1 is 1.40 bits per heavy atom. The molecule has 114 valence electrons. The first-order chi connectivity index (χ1) is 9.08. The van der Waals surface area contributed by atoms with Gasteiger partial charge in [-0.15, -0.1) is 0 Å². The molecular weight excluding hydrogens is 346 g/mol. The van der Waals surface area contributed by atoms with E-state index in [1.807, 2.05) is 0 Å². The second-order valence-corrected chi connectivity index (χ2v) is 5.42. The van der Waals surface area contributed by atoms with Crippen molar-refractivity contribution in [3.8, 4) is 0 Å². The number of alkyl halides is 3. The van der Waals surface area contributed by atoms with E-state index < -0.39 is 36.9 Å². The Hall–Kier alpha value is -0.700. The highest BCUT2D eigenvalue weighted by Gasteiger charge is 2.38. The summed E-state index contributed by atoms with van der Waals surface area (Å²) in [6.45, 7) is -1.04. The summed E-state index contributed by atoms with van der Waals surface area (Å²) in [5, 5.41) is 9.17. The van der Waals surface area contributed by atoms with Gasteiger partial charge < -0.3 is 15.6 Å².